The maximum atomic E-state index is 13.3. The molecule has 1 aliphatic rings. The molecule has 0 radical (unpaired) electrons. The number of hydrogen-bond acceptors (Lipinski definition) is 4. The summed E-state index contributed by atoms with van der Waals surface area (Å²) >= 11 is 0. The van der Waals surface area contributed by atoms with Crippen molar-refractivity contribution in [3.05, 3.63) is 53.5 Å². The Morgan fingerprint density at radius 3 is 2.44 bits per heavy atom. The summed E-state index contributed by atoms with van der Waals surface area (Å²) in [7, 11) is 0. The molecule has 1 aromatic carbocycles. The summed E-state index contributed by atoms with van der Waals surface area (Å²) < 4.78 is 13.3. The largest absolute Gasteiger partial charge is 0.386 e. The molecule has 27 heavy (non-hydrogen) atoms. The van der Waals surface area contributed by atoms with Crippen molar-refractivity contribution in [3.63, 3.8) is 0 Å². The SMILES string of the molecule is CC(C)(O)c1cc(-c2ccc(F)cc2)nc(C(CN)(CCC=O)C2CC2)c1. The molecular formula is C22H27FN2O2. The van der Waals surface area contributed by atoms with Crippen LogP contribution < -0.4 is 5.73 Å². The second kappa shape index (κ2) is 7.49. The molecule has 1 aliphatic carbocycles. The first-order valence-corrected chi connectivity index (χ1v) is 9.45. The van der Waals surface area contributed by atoms with E-state index < -0.39 is 5.60 Å². The van der Waals surface area contributed by atoms with E-state index in [2.05, 4.69) is 0 Å². The summed E-state index contributed by atoms with van der Waals surface area (Å²) in [5, 5.41) is 10.6. The zero-order chi connectivity index (χ0) is 19.7. The van der Waals surface area contributed by atoms with E-state index in [1.54, 1.807) is 26.0 Å². The lowest BCUT2D eigenvalue weighted by molar-refractivity contribution is -0.108. The standard InChI is InChI=1S/C22H27FN2O2/c1-21(2,27)17-12-19(15-4-8-18(23)9-5-15)25-20(13-17)22(14-24,10-3-11-26)16-6-7-16/h4-5,8-9,11-13,16,27H,3,6-7,10,14,24H2,1-2H3. The predicted octanol–water partition coefficient (Wildman–Crippen LogP) is 3.70. The van der Waals surface area contributed by atoms with Crippen molar-refractivity contribution in [3.8, 4) is 11.3 Å². The highest BCUT2D eigenvalue weighted by molar-refractivity contribution is 5.61. The molecule has 1 unspecified atom stereocenters. The number of aliphatic hydroxyl groups is 1. The topological polar surface area (TPSA) is 76.2 Å². The number of nitrogens with two attached hydrogens (primary N) is 1. The van der Waals surface area contributed by atoms with E-state index in [0.717, 1.165) is 35.9 Å². The zero-order valence-corrected chi connectivity index (χ0v) is 15.9. The van der Waals surface area contributed by atoms with Gasteiger partial charge in [0, 0.05) is 29.6 Å². The molecule has 1 aromatic heterocycles. The molecule has 3 N–H and O–H groups in total. The van der Waals surface area contributed by atoms with Gasteiger partial charge in [-0.3, -0.25) is 4.98 Å². The van der Waals surface area contributed by atoms with Gasteiger partial charge in [-0.05, 0) is 81.0 Å². The fraction of sp³-hybridized carbons (Fsp3) is 0.455. The summed E-state index contributed by atoms with van der Waals surface area (Å²) in [5.74, 6) is 0.0888. The van der Waals surface area contributed by atoms with Gasteiger partial charge in [-0.15, -0.1) is 0 Å². The Labute approximate surface area is 159 Å². The van der Waals surface area contributed by atoms with Crippen LogP contribution in [0.1, 0.15) is 50.8 Å². The van der Waals surface area contributed by atoms with Crippen molar-refractivity contribution in [1.82, 2.24) is 4.98 Å². The second-order valence-electron chi connectivity index (χ2n) is 8.03. The van der Waals surface area contributed by atoms with E-state index in [-0.39, 0.29) is 11.2 Å². The normalized spacial score (nSPS) is 16.8. The summed E-state index contributed by atoms with van der Waals surface area (Å²) in [4.78, 5) is 15.9. The Balaban J connectivity index is 2.17. The van der Waals surface area contributed by atoms with Gasteiger partial charge in [0.15, 0.2) is 0 Å². The van der Waals surface area contributed by atoms with Crippen molar-refractivity contribution in [2.75, 3.05) is 6.54 Å². The molecule has 144 valence electrons. The van der Waals surface area contributed by atoms with Gasteiger partial charge in [-0.25, -0.2) is 4.39 Å². The number of hydrogen-bond donors (Lipinski definition) is 2. The Kier molecular flexibility index (Phi) is 5.45. The van der Waals surface area contributed by atoms with E-state index >= 15 is 0 Å². The van der Waals surface area contributed by atoms with Crippen LogP contribution in [0.4, 0.5) is 4.39 Å². The maximum Gasteiger partial charge on any atom is 0.123 e. The van der Waals surface area contributed by atoms with Gasteiger partial charge in [0.25, 0.3) is 0 Å². The molecule has 0 spiro atoms. The highest BCUT2D eigenvalue weighted by Crippen LogP contribution is 2.49. The quantitative estimate of drug-likeness (QED) is 0.695. The summed E-state index contributed by atoms with van der Waals surface area (Å²) in [6.45, 7) is 3.86. The fourth-order valence-corrected chi connectivity index (χ4v) is 3.77. The highest BCUT2D eigenvalue weighted by Gasteiger charge is 2.46. The molecule has 1 heterocycles. The smallest absolute Gasteiger partial charge is 0.123 e. The molecule has 3 rings (SSSR count). The Morgan fingerprint density at radius 1 is 1.26 bits per heavy atom. The third-order valence-corrected chi connectivity index (χ3v) is 5.61. The first-order chi connectivity index (χ1) is 12.8. The molecule has 1 fully saturated rings. The van der Waals surface area contributed by atoms with Crippen LogP contribution in [0.15, 0.2) is 36.4 Å². The lowest BCUT2D eigenvalue weighted by Gasteiger charge is -2.33. The molecular weight excluding hydrogens is 343 g/mol. The van der Waals surface area contributed by atoms with Crippen molar-refractivity contribution in [2.45, 2.75) is 50.5 Å². The van der Waals surface area contributed by atoms with E-state index in [9.17, 15) is 14.3 Å². The number of nitrogens with zero attached hydrogens (tertiary/aromatic N) is 1. The first kappa shape index (κ1) is 19.6. The monoisotopic (exact) mass is 370 g/mol. The van der Waals surface area contributed by atoms with Gasteiger partial charge in [0.1, 0.15) is 12.1 Å². The third kappa shape index (κ3) is 4.09. The van der Waals surface area contributed by atoms with E-state index in [4.69, 9.17) is 10.7 Å². The van der Waals surface area contributed by atoms with Gasteiger partial charge in [0.05, 0.1) is 11.3 Å². The molecule has 0 bridgehead atoms. The van der Waals surface area contributed by atoms with Crippen molar-refractivity contribution >= 4 is 6.29 Å². The number of rotatable bonds is 8. The number of carbonyl (C=O) groups excluding carboxylic acids is 1. The van der Waals surface area contributed by atoms with Crippen molar-refractivity contribution < 1.29 is 14.3 Å². The lowest BCUT2D eigenvalue weighted by atomic mass is 9.74. The van der Waals surface area contributed by atoms with Crippen LogP contribution >= 0.6 is 0 Å². The molecule has 4 nitrogen and oxygen atoms in total. The lowest BCUT2D eigenvalue weighted by Crippen LogP contribution is -2.39. The number of carbonyl (C=O) groups is 1. The van der Waals surface area contributed by atoms with Gasteiger partial charge in [-0.2, -0.15) is 0 Å². The average molecular weight is 370 g/mol. The second-order valence-corrected chi connectivity index (χ2v) is 8.03. The van der Waals surface area contributed by atoms with Crippen LogP contribution in [0, 0.1) is 11.7 Å². The van der Waals surface area contributed by atoms with Gasteiger partial charge >= 0.3 is 0 Å². The maximum absolute atomic E-state index is 13.3. The van der Waals surface area contributed by atoms with Crippen LogP contribution in [0.25, 0.3) is 11.3 Å². The van der Waals surface area contributed by atoms with Crippen LogP contribution in [-0.2, 0) is 15.8 Å². The minimum absolute atomic E-state index is 0.308. The number of pyridine rings is 1. The fourth-order valence-electron chi connectivity index (χ4n) is 3.77. The molecule has 5 heteroatoms. The average Bonchev–Trinajstić information content (AvgIpc) is 3.48. The highest BCUT2D eigenvalue weighted by atomic mass is 19.1. The number of halogens is 1. The molecule has 0 saturated heterocycles. The number of aldehydes is 1. The number of benzene rings is 1. The minimum Gasteiger partial charge on any atom is -0.386 e. The Hall–Kier alpha value is -2.11. The van der Waals surface area contributed by atoms with Crippen molar-refractivity contribution in [2.24, 2.45) is 11.7 Å². The summed E-state index contributed by atoms with van der Waals surface area (Å²) in [6, 6.07) is 9.92. The Bertz CT molecular complexity index is 810. The van der Waals surface area contributed by atoms with Gasteiger partial charge < -0.3 is 15.6 Å². The first-order valence-electron chi connectivity index (χ1n) is 9.45. The minimum atomic E-state index is -1.05. The molecule has 0 aliphatic heterocycles. The molecule has 1 atom stereocenters. The van der Waals surface area contributed by atoms with Crippen LogP contribution in [0.3, 0.4) is 0 Å². The van der Waals surface area contributed by atoms with E-state index in [0.29, 0.717) is 31.0 Å². The van der Waals surface area contributed by atoms with Gasteiger partial charge in [-0.1, -0.05) is 0 Å². The zero-order valence-electron chi connectivity index (χ0n) is 15.9. The van der Waals surface area contributed by atoms with Crippen LogP contribution in [0.2, 0.25) is 0 Å². The third-order valence-electron chi connectivity index (χ3n) is 5.61. The molecule has 0 amide bonds. The van der Waals surface area contributed by atoms with E-state index in [1.807, 2.05) is 12.1 Å². The molecule has 2 aromatic rings. The summed E-state index contributed by atoms with van der Waals surface area (Å²) in [5.41, 5.74) is 7.79. The van der Waals surface area contributed by atoms with E-state index in [1.165, 1.54) is 12.1 Å². The van der Waals surface area contributed by atoms with Gasteiger partial charge in [0.2, 0.25) is 0 Å². The summed E-state index contributed by atoms with van der Waals surface area (Å²) in [6.07, 6.45) is 4.12. The number of aromatic nitrogens is 1. The molecule has 1 saturated carbocycles. The van der Waals surface area contributed by atoms with Crippen LogP contribution in [-0.4, -0.2) is 22.9 Å². The predicted molar refractivity (Wildman–Crippen MR) is 104 cm³/mol. The Morgan fingerprint density at radius 2 is 1.93 bits per heavy atom. The van der Waals surface area contributed by atoms with Crippen LogP contribution in [0.5, 0.6) is 0 Å². The van der Waals surface area contributed by atoms with Crippen molar-refractivity contribution in [1.29, 1.82) is 0 Å².